The number of sulfonamides is 1. The molecule has 8 nitrogen and oxygen atoms in total. The van der Waals surface area contributed by atoms with E-state index >= 15 is 0 Å². The van der Waals surface area contributed by atoms with E-state index in [2.05, 4.69) is 4.98 Å². The zero-order valence-corrected chi connectivity index (χ0v) is 19.9. The number of nitrogens with zero attached hydrogens (tertiary/aromatic N) is 4. The first-order chi connectivity index (χ1) is 15.9. The van der Waals surface area contributed by atoms with E-state index < -0.39 is 10.0 Å². The first kappa shape index (κ1) is 22.2. The molecular formula is C23H26N4O4S2. The standard InChI is InChI=1S/C23H26N4O4S2/c28-20(14-26-16-24-22-21(23(26)29)18-8-4-5-9-19(18)32-22)25-10-12-27(13-11-25)33(30,31)15-17-6-2-1-3-7-17/h1-3,6-7,16H,4-5,8-15H2. The Morgan fingerprint density at radius 2 is 1.76 bits per heavy atom. The Morgan fingerprint density at radius 1 is 1.03 bits per heavy atom. The highest BCUT2D eigenvalue weighted by Crippen LogP contribution is 2.33. The van der Waals surface area contributed by atoms with Crippen LogP contribution in [0.2, 0.25) is 0 Å². The average Bonchev–Trinajstić information content (AvgIpc) is 3.21. The maximum atomic E-state index is 13.1. The van der Waals surface area contributed by atoms with Gasteiger partial charge in [0, 0.05) is 31.1 Å². The monoisotopic (exact) mass is 486 g/mol. The molecule has 3 heterocycles. The van der Waals surface area contributed by atoms with Gasteiger partial charge in [-0.25, -0.2) is 13.4 Å². The Labute approximate surface area is 196 Å². The minimum atomic E-state index is -3.45. The molecule has 1 aliphatic heterocycles. The van der Waals surface area contributed by atoms with Gasteiger partial charge in [-0.2, -0.15) is 4.31 Å². The molecule has 1 aliphatic carbocycles. The predicted molar refractivity (Wildman–Crippen MR) is 128 cm³/mol. The van der Waals surface area contributed by atoms with E-state index in [4.69, 9.17) is 0 Å². The molecule has 0 bridgehead atoms. The molecule has 0 N–H and O–H groups in total. The number of carbonyl (C=O) groups is 1. The van der Waals surface area contributed by atoms with E-state index in [1.165, 1.54) is 20.1 Å². The van der Waals surface area contributed by atoms with Crippen molar-refractivity contribution in [3.8, 4) is 0 Å². The van der Waals surface area contributed by atoms with Crippen molar-refractivity contribution in [3.63, 3.8) is 0 Å². The number of hydrogen-bond donors (Lipinski definition) is 0. The third-order valence-electron chi connectivity index (χ3n) is 6.42. The summed E-state index contributed by atoms with van der Waals surface area (Å²) >= 11 is 1.59. The topological polar surface area (TPSA) is 92.6 Å². The van der Waals surface area contributed by atoms with Gasteiger partial charge in [0.1, 0.15) is 11.4 Å². The van der Waals surface area contributed by atoms with E-state index in [1.807, 2.05) is 18.2 Å². The van der Waals surface area contributed by atoms with Crippen LogP contribution in [0.5, 0.6) is 0 Å². The van der Waals surface area contributed by atoms with Crippen LogP contribution in [-0.4, -0.2) is 59.3 Å². The molecule has 10 heteroatoms. The van der Waals surface area contributed by atoms with E-state index in [-0.39, 0.29) is 36.9 Å². The Balaban J connectivity index is 1.25. The lowest BCUT2D eigenvalue weighted by Gasteiger charge is -2.34. The highest BCUT2D eigenvalue weighted by molar-refractivity contribution is 7.88. The molecule has 0 atom stereocenters. The fourth-order valence-corrected chi connectivity index (χ4v) is 7.37. The molecule has 1 amide bonds. The maximum Gasteiger partial charge on any atom is 0.262 e. The molecule has 5 rings (SSSR count). The number of hydrogen-bond acceptors (Lipinski definition) is 6. The number of thiophene rings is 1. The Hall–Kier alpha value is -2.56. The van der Waals surface area contributed by atoms with Crippen molar-refractivity contribution in [2.24, 2.45) is 0 Å². The van der Waals surface area contributed by atoms with Gasteiger partial charge in [-0.1, -0.05) is 30.3 Å². The summed E-state index contributed by atoms with van der Waals surface area (Å²) in [6, 6.07) is 9.09. The lowest BCUT2D eigenvalue weighted by atomic mass is 9.97. The molecule has 2 aromatic heterocycles. The van der Waals surface area contributed by atoms with Crippen LogP contribution in [0.1, 0.15) is 28.8 Å². The lowest BCUT2D eigenvalue weighted by molar-refractivity contribution is -0.133. The Bertz CT molecular complexity index is 1340. The van der Waals surface area contributed by atoms with Crippen LogP contribution in [0.4, 0.5) is 0 Å². The highest BCUT2D eigenvalue weighted by Gasteiger charge is 2.29. The van der Waals surface area contributed by atoms with E-state index in [1.54, 1.807) is 28.4 Å². The number of benzene rings is 1. The van der Waals surface area contributed by atoms with Gasteiger partial charge in [0.05, 0.1) is 17.5 Å². The SMILES string of the molecule is O=C(Cn1cnc2sc3c(c2c1=O)CCCC3)N1CCN(S(=O)(=O)Cc2ccccc2)CC1. The lowest BCUT2D eigenvalue weighted by Crippen LogP contribution is -2.51. The number of amides is 1. The second kappa shape index (κ2) is 9.00. The second-order valence-corrected chi connectivity index (χ2v) is 11.6. The average molecular weight is 487 g/mol. The number of fused-ring (bicyclic) bond motifs is 3. The van der Waals surface area contributed by atoms with Crippen molar-refractivity contribution in [1.29, 1.82) is 0 Å². The van der Waals surface area contributed by atoms with Gasteiger partial charge in [-0.15, -0.1) is 11.3 Å². The third kappa shape index (κ3) is 4.47. The molecule has 2 aliphatic rings. The summed E-state index contributed by atoms with van der Waals surface area (Å²) in [5, 5.41) is 0.668. The normalized spacial score (nSPS) is 17.3. The molecule has 174 valence electrons. The summed E-state index contributed by atoms with van der Waals surface area (Å²) in [4.78, 5) is 34.1. The Kier molecular flexibility index (Phi) is 6.07. The van der Waals surface area contributed by atoms with E-state index in [0.717, 1.165) is 41.6 Å². The van der Waals surface area contributed by atoms with Crippen LogP contribution in [0.3, 0.4) is 0 Å². The van der Waals surface area contributed by atoms with Crippen molar-refractivity contribution in [3.05, 3.63) is 63.0 Å². The fourth-order valence-electron chi connectivity index (χ4n) is 4.63. The van der Waals surface area contributed by atoms with Crippen LogP contribution >= 0.6 is 11.3 Å². The van der Waals surface area contributed by atoms with Crippen molar-refractivity contribution < 1.29 is 13.2 Å². The number of rotatable bonds is 5. The van der Waals surface area contributed by atoms with Crippen LogP contribution in [-0.2, 0) is 40.0 Å². The van der Waals surface area contributed by atoms with Gasteiger partial charge >= 0.3 is 0 Å². The maximum absolute atomic E-state index is 13.1. The molecule has 1 fully saturated rings. The minimum absolute atomic E-state index is 0.0478. The molecule has 0 radical (unpaired) electrons. The van der Waals surface area contributed by atoms with Crippen molar-refractivity contribution in [2.75, 3.05) is 26.2 Å². The summed E-state index contributed by atoms with van der Waals surface area (Å²) in [7, 11) is -3.45. The summed E-state index contributed by atoms with van der Waals surface area (Å²) < 4.78 is 28.3. The number of piperazine rings is 1. The first-order valence-electron chi connectivity index (χ1n) is 11.2. The number of aryl methyl sites for hydroxylation is 2. The van der Waals surface area contributed by atoms with Gasteiger partial charge in [0.2, 0.25) is 15.9 Å². The third-order valence-corrected chi connectivity index (χ3v) is 9.47. The zero-order valence-electron chi connectivity index (χ0n) is 18.3. The molecule has 1 aromatic carbocycles. The second-order valence-electron chi connectivity index (χ2n) is 8.59. The quantitative estimate of drug-likeness (QED) is 0.550. The van der Waals surface area contributed by atoms with Crippen molar-refractivity contribution in [1.82, 2.24) is 18.8 Å². The fraction of sp³-hybridized carbons (Fsp3) is 0.435. The van der Waals surface area contributed by atoms with Gasteiger partial charge in [-0.05, 0) is 36.8 Å². The van der Waals surface area contributed by atoms with Crippen LogP contribution in [0, 0.1) is 0 Å². The molecular weight excluding hydrogens is 460 g/mol. The molecule has 3 aromatic rings. The number of carbonyl (C=O) groups excluding carboxylic acids is 1. The number of aromatic nitrogens is 2. The van der Waals surface area contributed by atoms with Crippen molar-refractivity contribution in [2.45, 2.75) is 38.0 Å². The largest absolute Gasteiger partial charge is 0.338 e. The van der Waals surface area contributed by atoms with E-state index in [9.17, 15) is 18.0 Å². The zero-order chi connectivity index (χ0) is 23.0. The van der Waals surface area contributed by atoms with Crippen LogP contribution in [0.25, 0.3) is 10.2 Å². The van der Waals surface area contributed by atoms with Gasteiger partial charge in [0.25, 0.3) is 5.56 Å². The minimum Gasteiger partial charge on any atom is -0.338 e. The van der Waals surface area contributed by atoms with Gasteiger partial charge < -0.3 is 4.90 Å². The molecule has 0 unspecified atom stereocenters. The molecule has 0 spiro atoms. The van der Waals surface area contributed by atoms with Crippen LogP contribution < -0.4 is 5.56 Å². The van der Waals surface area contributed by atoms with Crippen LogP contribution in [0.15, 0.2) is 41.5 Å². The molecule has 1 saturated heterocycles. The Morgan fingerprint density at radius 3 is 2.52 bits per heavy atom. The van der Waals surface area contributed by atoms with E-state index in [0.29, 0.717) is 18.5 Å². The summed E-state index contributed by atoms with van der Waals surface area (Å²) in [6.45, 7) is 1.05. The smallest absolute Gasteiger partial charge is 0.262 e. The summed E-state index contributed by atoms with van der Waals surface area (Å²) in [5.74, 6) is -0.240. The van der Waals surface area contributed by atoms with Crippen molar-refractivity contribution >= 4 is 37.5 Å². The summed E-state index contributed by atoms with van der Waals surface area (Å²) in [6.07, 6.45) is 5.56. The molecule has 33 heavy (non-hydrogen) atoms. The van der Waals surface area contributed by atoms with Gasteiger partial charge in [0.15, 0.2) is 0 Å². The predicted octanol–water partition coefficient (Wildman–Crippen LogP) is 2.01. The first-order valence-corrected chi connectivity index (χ1v) is 13.6. The summed E-state index contributed by atoms with van der Waals surface area (Å²) in [5.41, 5.74) is 1.70. The molecule has 0 saturated carbocycles. The highest BCUT2D eigenvalue weighted by atomic mass is 32.2. The van der Waals surface area contributed by atoms with Gasteiger partial charge in [-0.3, -0.25) is 14.2 Å².